The van der Waals surface area contributed by atoms with Gasteiger partial charge in [-0.2, -0.15) is 0 Å². The standard InChI is InChI=1S/C14H22N4O2/c1-2-11(10-6-4-3-5-7-10)16-14-12(18(19)20)8-9-13(15)17-14/h8-11H,2-7H2,1H3,(H3,15,16,17). The molecule has 0 bridgehead atoms. The molecule has 1 aromatic rings. The van der Waals surface area contributed by atoms with Gasteiger partial charge in [-0.25, -0.2) is 4.98 Å². The first-order valence-electron chi connectivity index (χ1n) is 7.29. The number of nitrogen functional groups attached to an aromatic ring is 1. The molecule has 0 aromatic carbocycles. The molecule has 110 valence electrons. The molecule has 1 atom stereocenters. The number of hydrogen-bond donors (Lipinski definition) is 2. The maximum absolute atomic E-state index is 11.1. The fourth-order valence-corrected chi connectivity index (χ4v) is 2.99. The van der Waals surface area contributed by atoms with E-state index in [1.165, 1.54) is 44.2 Å². The molecule has 3 N–H and O–H groups in total. The summed E-state index contributed by atoms with van der Waals surface area (Å²) in [5.74, 6) is 1.17. The van der Waals surface area contributed by atoms with Gasteiger partial charge in [-0.05, 0) is 31.2 Å². The van der Waals surface area contributed by atoms with Crippen molar-refractivity contribution in [3.8, 4) is 0 Å². The van der Waals surface area contributed by atoms with Gasteiger partial charge in [-0.1, -0.05) is 26.2 Å². The van der Waals surface area contributed by atoms with Crippen LogP contribution in [0.5, 0.6) is 0 Å². The third-order valence-corrected chi connectivity index (χ3v) is 4.07. The van der Waals surface area contributed by atoms with Crippen molar-refractivity contribution in [1.29, 1.82) is 0 Å². The SMILES string of the molecule is CCC(Nc1nc(N)ccc1[N+](=O)[O-])C1CCCCC1. The minimum Gasteiger partial charge on any atom is -0.384 e. The van der Waals surface area contributed by atoms with Gasteiger partial charge in [0.05, 0.1) is 4.92 Å². The average Bonchev–Trinajstić information content (AvgIpc) is 2.45. The first kappa shape index (κ1) is 14.6. The zero-order chi connectivity index (χ0) is 14.5. The Morgan fingerprint density at radius 2 is 2.15 bits per heavy atom. The Morgan fingerprint density at radius 3 is 2.75 bits per heavy atom. The number of aromatic nitrogens is 1. The first-order valence-corrected chi connectivity index (χ1v) is 7.29. The van der Waals surface area contributed by atoms with Crippen molar-refractivity contribution in [2.45, 2.75) is 51.5 Å². The molecule has 1 fully saturated rings. The molecule has 1 saturated carbocycles. The van der Waals surface area contributed by atoms with Crippen molar-refractivity contribution in [1.82, 2.24) is 4.98 Å². The molecule has 6 heteroatoms. The van der Waals surface area contributed by atoms with Crippen LogP contribution in [0.2, 0.25) is 0 Å². The minimum atomic E-state index is -0.414. The third kappa shape index (κ3) is 3.37. The molecular weight excluding hydrogens is 256 g/mol. The van der Waals surface area contributed by atoms with Crippen molar-refractivity contribution < 1.29 is 4.92 Å². The number of nitrogens with zero attached hydrogens (tertiary/aromatic N) is 2. The summed E-state index contributed by atoms with van der Waals surface area (Å²) in [7, 11) is 0. The fraction of sp³-hybridized carbons (Fsp3) is 0.643. The second kappa shape index (κ2) is 6.54. The number of rotatable bonds is 5. The summed E-state index contributed by atoms with van der Waals surface area (Å²) in [6, 6.07) is 3.10. The number of nitrogens with two attached hydrogens (primary N) is 1. The van der Waals surface area contributed by atoms with E-state index in [0.717, 1.165) is 6.42 Å². The van der Waals surface area contributed by atoms with Crippen molar-refractivity contribution >= 4 is 17.3 Å². The summed E-state index contributed by atoms with van der Waals surface area (Å²) in [4.78, 5) is 14.8. The Bertz CT molecular complexity index is 472. The Balaban J connectivity index is 2.17. The first-order chi connectivity index (χ1) is 9.61. The van der Waals surface area contributed by atoms with E-state index in [-0.39, 0.29) is 11.7 Å². The van der Waals surface area contributed by atoms with Gasteiger partial charge in [0.25, 0.3) is 0 Å². The summed E-state index contributed by atoms with van der Waals surface area (Å²) in [5.41, 5.74) is 5.64. The lowest BCUT2D eigenvalue weighted by Gasteiger charge is -2.30. The van der Waals surface area contributed by atoms with Crippen LogP contribution in [0.4, 0.5) is 17.3 Å². The number of anilines is 2. The van der Waals surface area contributed by atoms with Crippen LogP contribution in [0.1, 0.15) is 45.4 Å². The Kier molecular flexibility index (Phi) is 4.76. The highest BCUT2D eigenvalue weighted by Gasteiger charge is 2.25. The highest BCUT2D eigenvalue weighted by atomic mass is 16.6. The average molecular weight is 278 g/mol. The molecule has 6 nitrogen and oxygen atoms in total. The Hall–Kier alpha value is -1.85. The van der Waals surface area contributed by atoms with E-state index in [4.69, 9.17) is 5.73 Å². The van der Waals surface area contributed by atoms with Gasteiger partial charge in [-0.15, -0.1) is 0 Å². The molecule has 1 aromatic heterocycles. The van der Waals surface area contributed by atoms with E-state index in [1.54, 1.807) is 0 Å². The van der Waals surface area contributed by atoms with E-state index in [0.29, 0.717) is 17.6 Å². The van der Waals surface area contributed by atoms with E-state index in [9.17, 15) is 10.1 Å². The normalized spacial score (nSPS) is 17.6. The third-order valence-electron chi connectivity index (χ3n) is 4.07. The Morgan fingerprint density at radius 1 is 1.45 bits per heavy atom. The lowest BCUT2D eigenvalue weighted by Crippen LogP contribution is -2.30. The van der Waals surface area contributed by atoms with Crippen LogP contribution in [0.15, 0.2) is 12.1 Å². The zero-order valence-electron chi connectivity index (χ0n) is 11.8. The number of nitrogens with one attached hydrogen (secondary N) is 1. The van der Waals surface area contributed by atoms with Crippen LogP contribution in [0.3, 0.4) is 0 Å². The quantitative estimate of drug-likeness (QED) is 0.636. The van der Waals surface area contributed by atoms with Crippen molar-refractivity contribution in [3.63, 3.8) is 0 Å². The molecule has 0 saturated heterocycles. The highest BCUT2D eigenvalue weighted by molar-refractivity contribution is 5.59. The lowest BCUT2D eigenvalue weighted by atomic mass is 9.83. The van der Waals surface area contributed by atoms with Crippen molar-refractivity contribution in [2.75, 3.05) is 11.1 Å². The minimum absolute atomic E-state index is 0.00606. The van der Waals surface area contributed by atoms with Crippen molar-refractivity contribution in [3.05, 3.63) is 22.2 Å². The van der Waals surface area contributed by atoms with Gasteiger partial charge in [0.15, 0.2) is 0 Å². The van der Waals surface area contributed by atoms with Crippen LogP contribution in [0.25, 0.3) is 0 Å². The molecule has 0 amide bonds. The van der Waals surface area contributed by atoms with Crippen LogP contribution < -0.4 is 11.1 Å². The summed E-state index contributed by atoms with van der Waals surface area (Å²) >= 11 is 0. The molecule has 0 aliphatic heterocycles. The summed E-state index contributed by atoms with van der Waals surface area (Å²) in [6.45, 7) is 2.10. The topological polar surface area (TPSA) is 94.1 Å². The van der Waals surface area contributed by atoms with Crippen LogP contribution in [0, 0.1) is 16.0 Å². The van der Waals surface area contributed by atoms with Crippen LogP contribution in [-0.2, 0) is 0 Å². The zero-order valence-corrected chi connectivity index (χ0v) is 11.8. The highest BCUT2D eigenvalue weighted by Crippen LogP contribution is 2.31. The fourth-order valence-electron chi connectivity index (χ4n) is 2.99. The molecule has 1 heterocycles. The Labute approximate surface area is 118 Å². The van der Waals surface area contributed by atoms with E-state index < -0.39 is 4.92 Å². The second-order valence-corrected chi connectivity index (χ2v) is 5.42. The number of pyridine rings is 1. The van der Waals surface area contributed by atoms with E-state index >= 15 is 0 Å². The monoisotopic (exact) mass is 278 g/mol. The van der Waals surface area contributed by atoms with Crippen LogP contribution in [-0.4, -0.2) is 15.9 Å². The van der Waals surface area contributed by atoms with Crippen molar-refractivity contribution in [2.24, 2.45) is 5.92 Å². The van der Waals surface area contributed by atoms with E-state index in [1.807, 2.05) is 0 Å². The summed E-state index contributed by atoms with van der Waals surface area (Å²) < 4.78 is 0. The smallest absolute Gasteiger partial charge is 0.311 e. The number of hydrogen-bond acceptors (Lipinski definition) is 5. The van der Waals surface area contributed by atoms with E-state index in [2.05, 4.69) is 17.2 Å². The molecule has 0 radical (unpaired) electrons. The van der Waals surface area contributed by atoms with Gasteiger partial charge in [-0.3, -0.25) is 10.1 Å². The molecule has 1 unspecified atom stereocenters. The molecule has 20 heavy (non-hydrogen) atoms. The van der Waals surface area contributed by atoms with Gasteiger partial charge in [0, 0.05) is 12.1 Å². The molecule has 2 rings (SSSR count). The van der Waals surface area contributed by atoms with Gasteiger partial charge >= 0.3 is 5.69 Å². The van der Waals surface area contributed by atoms with Crippen LogP contribution >= 0.6 is 0 Å². The largest absolute Gasteiger partial charge is 0.384 e. The number of nitro groups is 1. The predicted molar refractivity (Wildman–Crippen MR) is 79.6 cm³/mol. The molecular formula is C14H22N4O2. The summed E-state index contributed by atoms with van der Waals surface area (Å²) in [6.07, 6.45) is 7.08. The molecule has 1 aliphatic rings. The van der Waals surface area contributed by atoms with Gasteiger partial charge < -0.3 is 11.1 Å². The van der Waals surface area contributed by atoms with Gasteiger partial charge in [0.1, 0.15) is 5.82 Å². The second-order valence-electron chi connectivity index (χ2n) is 5.42. The maximum atomic E-state index is 11.1. The maximum Gasteiger partial charge on any atom is 0.311 e. The van der Waals surface area contributed by atoms with Gasteiger partial charge in [0.2, 0.25) is 5.82 Å². The molecule has 0 spiro atoms. The lowest BCUT2D eigenvalue weighted by molar-refractivity contribution is -0.384. The predicted octanol–water partition coefficient (Wildman–Crippen LogP) is 3.34. The molecule has 1 aliphatic carbocycles. The summed E-state index contributed by atoms with van der Waals surface area (Å²) in [5, 5.41) is 14.3.